The number of aromatic nitrogens is 1. The number of piperidine rings is 1. The molecule has 1 aromatic rings. The lowest BCUT2D eigenvalue weighted by atomic mass is 10.0. The maximum atomic E-state index is 12.4. The molecule has 3 fully saturated rings. The van der Waals surface area contributed by atoms with Crippen molar-refractivity contribution < 1.29 is 14.3 Å². The van der Waals surface area contributed by atoms with Gasteiger partial charge in [-0.25, -0.2) is 9.78 Å². The monoisotopic (exact) mass is 378 g/mol. The average Bonchev–Trinajstić information content (AvgIpc) is 3.21. The van der Waals surface area contributed by atoms with Gasteiger partial charge in [0.05, 0.1) is 24.8 Å². The van der Waals surface area contributed by atoms with Crippen LogP contribution in [0.4, 0.5) is 4.79 Å². The Morgan fingerprint density at radius 1 is 1.27 bits per heavy atom. The number of nitrogens with zero attached hydrogens (tertiary/aromatic N) is 4. The first-order valence-electron chi connectivity index (χ1n) is 9.32. The van der Waals surface area contributed by atoms with Crippen LogP contribution in [-0.4, -0.2) is 76.1 Å². The second-order valence-corrected chi connectivity index (χ2v) is 8.87. The number of likely N-dealkylation sites (tertiary alicyclic amines) is 2. The van der Waals surface area contributed by atoms with Crippen molar-refractivity contribution in [2.75, 3.05) is 26.2 Å². The van der Waals surface area contributed by atoms with Crippen molar-refractivity contribution >= 4 is 23.3 Å². The SMILES string of the molecule is CC(=O)N1C[C@@H]2OC(=O)N(C3CCN(Cc4nc(C)c(C)s4)CC3)[C@@H]2C1. The Kier molecular flexibility index (Phi) is 4.64. The standard InChI is InChI=1S/C18H26N4O3S/c1-11-12(2)26-17(19-11)10-20-6-4-14(5-7-20)22-15-8-21(13(3)23)9-16(15)25-18(22)24/h14-16H,4-10H2,1-3H3/t15-,16+/m1/s1. The highest BCUT2D eigenvalue weighted by molar-refractivity contribution is 7.11. The molecule has 7 nitrogen and oxygen atoms in total. The van der Waals surface area contributed by atoms with E-state index in [0.29, 0.717) is 13.1 Å². The van der Waals surface area contributed by atoms with E-state index < -0.39 is 0 Å². The molecule has 2 amide bonds. The van der Waals surface area contributed by atoms with Crippen molar-refractivity contribution in [2.45, 2.75) is 58.3 Å². The fourth-order valence-corrected chi connectivity index (χ4v) is 5.27. The van der Waals surface area contributed by atoms with Gasteiger partial charge in [0.15, 0.2) is 0 Å². The zero-order valence-electron chi connectivity index (χ0n) is 15.6. The van der Waals surface area contributed by atoms with Crippen LogP contribution in [0.25, 0.3) is 0 Å². The van der Waals surface area contributed by atoms with E-state index in [1.54, 1.807) is 23.2 Å². The van der Waals surface area contributed by atoms with Crippen molar-refractivity contribution in [1.82, 2.24) is 19.7 Å². The van der Waals surface area contributed by atoms with Gasteiger partial charge in [0.2, 0.25) is 5.91 Å². The van der Waals surface area contributed by atoms with Gasteiger partial charge in [0.25, 0.3) is 0 Å². The van der Waals surface area contributed by atoms with Crippen LogP contribution in [0.2, 0.25) is 0 Å². The first kappa shape index (κ1) is 17.7. The summed E-state index contributed by atoms with van der Waals surface area (Å²) < 4.78 is 5.54. The lowest BCUT2D eigenvalue weighted by Crippen LogP contribution is -2.50. The molecule has 0 bridgehead atoms. The number of ether oxygens (including phenoxy) is 1. The fraction of sp³-hybridized carbons (Fsp3) is 0.722. The van der Waals surface area contributed by atoms with Gasteiger partial charge < -0.3 is 9.64 Å². The lowest BCUT2D eigenvalue weighted by Gasteiger charge is -2.37. The Morgan fingerprint density at radius 3 is 2.62 bits per heavy atom. The molecule has 0 N–H and O–H groups in total. The highest BCUT2D eigenvalue weighted by atomic mass is 32.1. The van der Waals surface area contributed by atoms with E-state index in [4.69, 9.17) is 4.74 Å². The van der Waals surface area contributed by atoms with E-state index in [9.17, 15) is 9.59 Å². The molecule has 142 valence electrons. The summed E-state index contributed by atoms with van der Waals surface area (Å²) in [6.07, 6.45) is 1.53. The van der Waals surface area contributed by atoms with Crippen molar-refractivity contribution in [2.24, 2.45) is 0 Å². The molecule has 1 aromatic heterocycles. The Bertz CT molecular complexity index is 694. The van der Waals surface area contributed by atoms with Crippen LogP contribution >= 0.6 is 11.3 Å². The molecule has 3 aliphatic heterocycles. The molecular formula is C18H26N4O3S. The van der Waals surface area contributed by atoms with Crippen molar-refractivity contribution in [3.8, 4) is 0 Å². The minimum Gasteiger partial charge on any atom is -0.442 e. The molecule has 2 atom stereocenters. The van der Waals surface area contributed by atoms with Crippen molar-refractivity contribution in [3.05, 3.63) is 15.6 Å². The molecule has 0 radical (unpaired) electrons. The van der Waals surface area contributed by atoms with E-state index in [1.807, 2.05) is 4.90 Å². The van der Waals surface area contributed by atoms with Crippen molar-refractivity contribution in [3.63, 3.8) is 0 Å². The predicted octanol–water partition coefficient (Wildman–Crippen LogP) is 1.78. The predicted molar refractivity (Wildman–Crippen MR) is 98.0 cm³/mol. The highest BCUT2D eigenvalue weighted by Crippen LogP contribution is 2.32. The lowest BCUT2D eigenvalue weighted by molar-refractivity contribution is -0.128. The van der Waals surface area contributed by atoms with Gasteiger partial charge in [-0.2, -0.15) is 0 Å². The zero-order chi connectivity index (χ0) is 18.4. The third-order valence-corrected chi connectivity index (χ3v) is 6.94. The molecule has 8 heteroatoms. The number of hydrogen-bond donors (Lipinski definition) is 0. The molecule has 26 heavy (non-hydrogen) atoms. The largest absolute Gasteiger partial charge is 0.442 e. The molecule has 0 saturated carbocycles. The van der Waals surface area contributed by atoms with Crippen LogP contribution in [0.1, 0.15) is 35.3 Å². The molecule has 4 rings (SSSR count). The van der Waals surface area contributed by atoms with Crippen LogP contribution in [-0.2, 0) is 16.1 Å². The summed E-state index contributed by atoms with van der Waals surface area (Å²) in [5, 5.41) is 1.17. The maximum absolute atomic E-state index is 12.4. The third-order valence-electron chi connectivity index (χ3n) is 5.88. The van der Waals surface area contributed by atoms with Gasteiger partial charge in [-0.05, 0) is 26.7 Å². The molecule has 0 unspecified atom stereocenters. The quantitative estimate of drug-likeness (QED) is 0.802. The number of rotatable bonds is 3. The molecular weight excluding hydrogens is 352 g/mol. The second kappa shape index (κ2) is 6.81. The molecule has 0 aliphatic carbocycles. The minimum atomic E-state index is -0.201. The number of aryl methyl sites for hydroxylation is 2. The average molecular weight is 378 g/mol. The topological polar surface area (TPSA) is 66.0 Å². The van der Waals surface area contributed by atoms with Crippen LogP contribution in [0.3, 0.4) is 0 Å². The number of amides is 2. The Balaban J connectivity index is 1.35. The fourth-order valence-electron chi connectivity index (χ4n) is 4.30. The Morgan fingerprint density at radius 2 is 2.00 bits per heavy atom. The third kappa shape index (κ3) is 3.20. The summed E-state index contributed by atoms with van der Waals surface area (Å²) in [5.74, 6) is 0.0549. The maximum Gasteiger partial charge on any atom is 0.410 e. The van der Waals surface area contributed by atoms with Gasteiger partial charge in [-0.3, -0.25) is 14.6 Å². The van der Waals surface area contributed by atoms with Crippen LogP contribution in [0.15, 0.2) is 0 Å². The summed E-state index contributed by atoms with van der Waals surface area (Å²) in [6, 6.07) is 0.229. The number of fused-ring (bicyclic) bond motifs is 1. The van der Waals surface area contributed by atoms with E-state index >= 15 is 0 Å². The van der Waals surface area contributed by atoms with Gasteiger partial charge in [-0.15, -0.1) is 11.3 Å². The minimum absolute atomic E-state index is 0.0206. The summed E-state index contributed by atoms with van der Waals surface area (Å²) >= 11 is 1.78. The van der Waals surface area contributed by atoms with E-state index in [1.165, 1.54) is 9.88 Å². The van der Waals surface area contributed by atoms with Crippen molar-refractivity contribution in [1.29, 1.82) is 0 Å². The van der Waals surface area contributed by atoms with Gasteiger partial charge in [-0.1, -0.05) is 0 Å². The van der Waals surface area contributed by atoms with E-state index in [-0.39, 0.29) is 30.2 Å². The molecule has 3 aliphatic rings. The number of carbonyl (C=O) groups is 2. The summed E-state index contributed by atoms with van der Waals surface area (Å²) in [4.78, 5) is 36.0. The number of carbonyl (C=O) groups excluding carboxylic acids is 2. The summed E-state index contributed by atoms with van der Waals surface area (Å²) in [5.41, 5.74) is 1.13. The highest BCUT2D eigenvalue weighted by Gasteiger charge is 2.50. The second-order valence-electron chi connectivity index (χ2n) is 7.58. The number of hydrogen-bond acceptors (Lipinski definition) is 6. The van der Waals surface area contributed by atoms with Gasteiger partial charge in [0, 0.05) is 37.5 Å². The van der Waals surface area contributed by atoms with Gasteiger partial charge in [0.1, 0.15) is 11.1 Å². The van der Waals surface area contributed by atoms with Gasteiger partial charge >= 0.3 is 6.09 Å². The van der Waals surface area contributed by atoms with E-state index in [0.717, 1.165) is 38.2 Å². The first-order valence-corrected chi connectivity index (χ1v) is 10.1. The van der Waals surface area contributed by atoms with Crippen LogP contribution < -0.4 is 0 Å². The Hall–Kier alpha value is -1.67. The van der Waals surface area contributed by atoms with E-state index in [2.05, 4.69) is 23.7 Å². The van der Waals surface area contributed by atoms with Crippen LogP contribution in [0, 0.1) is 13.8 Å². The molecule has 4 heterocycles. The number of thiazole rings is 1. The molecule has 0 spiro atoms. The first-order chi connectivity index (χ1) is 12.4. The summed E-state index contributed by atoms with van der Waals surface area (Å²) in [6.45, 7) is 9.69. The molecule has 0 aromatic carbocycles. The zero-order valence-corrected chi connectivity index (χ0v) is 16.4. The van der Waals surface area contributed by atoms with Crippen LogP contribution in [0.5, 0.6) is 0 Å². The normalized spacial score (nSPS) is 27.1. The Labute approximate surface area is 157 Å². The molecule has 3 saturated heterocycles. The smallest absolute Gasteiger partial charge is 0.410 e. The summed E-state index contributed by atoms with van der Waals surface area (Å²) in [7, 11) is 0.